The van der Waals surface area contributed by atoms with Crippen LogP contribution in [0.2, 0.25) is 5.02 Å². The molecule has 0 aliphatic carbocycles. The molecule has 1 aliphatic heterocycles. The van der Waals surface area contributed by atoms with Crippen LogP contribution in [-0.4, -0.2) is 37.0 Å². The Morgan fingerprint density at radius 1 is 1.39 bits per heavy atom. The van der Waals surface area contributed by atoms with Crippen molar-refractivity contribution in [1.29, 1.82) is 0 Å². The third-order valence-corrected chi connectivity index (χ3v) is 3.41. The lowest BCUT2D eigenvalue weighted by Crippen LogP contribution is -2.39. The highest BCUT2D eigenvalue weighted by Gasteiger charge is 2.26. The van der Waals surface area contributed by atoms with Crippen molar-refractivity contribution in [3.8, 4) is 0 Å². The van der Waals surface area contributed by atoms with Crippen LogP contribution in [0.1, 0.15) is 18.0 Å². The summed E-state index contributed by atoms with van der Waals surface area (Å²) in [5.41, 5.74) is 6.43. The zero-order valence-electron chi connectivity index (χ0n) is 10.2. The normalized spacial score (nSPS) is 19.2. The number of nitrogens with zero attached hydrogens (tertiary/aromatic N) is 1. The van der Waals surface area contributed by atoms with E-state index in [9.17, 15) is 4.79 Å². The molecule has 98 valence electrons. The summed E-state index contributed by atoms with van der Waals surface area (Å²) in [5, 5.41) is 3.95. The molecule has 0 spiro atoms. The minimum Gasteiger partial charge on any atom is -0.368 e. The first-order chi connectivity index (χ1) is 8.68. The van der Waals surface area contributed by atoms with Gasteiger partial charge in [0.1, 0.15) is 6.04 Å². The summed E-state index contributed by atoms with van der Waals surface area (Å²) < 4.78 is 0. The molecule has 1 amide bonds. The second kappa shape index (κ2) is 6.18. The molecule has 1 saturated heterocycles. The number of rotatable bonds is 3. The first kappa shape index (κ1) is 13.3. The highest BCUT2D eigenvalue weighted by Crippen LogP contribution is 2.23. The number of hydrogen-bond acceptors (Lipinski definition) is 3. The molecule has 3 N–H and O–H groups in total. The first-order valence-electron chi connectivity index (χ1n) is 6.18. The number of carbonyl (C=O) groups is 1. The molecule has 0 radical (unpaired) electrons. The third kappa shape index (κ3) is 3.22. The van der Waals surface area contributed by atoms with Gasteiger partial charge in [-0.3, -0.25) is 9.69 Å². The van der Waals surface area contributed by atoms with E-state index in [1.165, 1.54) is 0 Å². The van der Waals surface area contributed by atoms with Gasteiger partial charge in [0, 0.05) is 24.7 Å². The van der Waals surface area contributed by atoms with Crippen molar-refractivity contribution in [2.45, 2.75) is 12.5 Å². The van der Waals surface area contributed by atoms with Crippen LogP contribution < -0.4 is 11.1 Å². The lowest BCUT2D eigenvalue weighted by atomic mass is 10.0. The second-order valence-electron chi connectivity index (χ2n) is 4.50. The van der Waals surface area contributed by atoms with Gasteiger partial charge in [-0.1, -0.05) is 23.7 Å². The minimum absolute atomic E-state index is 0.320. The van der Waals surface area contributed by atoms with Crippen molar-refractivity contribution in [3.63, 3.8) is 0 Å². The number of amides is 1. The van der Waals surface area contributed by atoms with Gasteiger partial charge < -0.3 is 11.1 Å². The Balaban J connectivity index is 2.24. The Labute approximate surface area is 112 Å². The molecule has 0 saturated carbocycles. The largest absolute Gasteiger partial charge is 0.368 e. The summed E-state index contributed by atoms with van der Waals surface area (Å²) in [4.78, 5) is 13.9. The van der Waals surface area contributed by atoms with E-state index in [1.807, 2.05) is 18.2 Å². The van der Waals surface area contributed by atoms with Gasteiger partial charge in [0.2, 0.25) is 5.91 Å². The molecular weight excluding hydrogens is 250 g/mol. The fraction of sp³-hybridized carbons (Fsp3) is 0.462. The van der Waals surface area contributed by atoms with Crippen molar-refractivity contribution < 1.29 is 4.79 Å². The van der Waals surface area contributed by atoms with E-state index in [0.29, 0.717) is 5.02 Å². The van der Waals surface area contributed by atoms with Crippen molar-refractivity contribution in [1.82, 2.24) is 10.2 Å². The predicted octanol–water partition coefficient (Wildman–Crippen LogP) is 1.16. The van der Waals surface area contributed by atoms with Gasteiger partial charge in [-0.15, -0.1) is 0 Å². The van der Waals surface area contributed by atoms with Crippen molar-refractivity contribution in [3.05, 3.63) is 34.9 Å². The average molecular weight is 268 g/mol. The number of halogens is 1. The minimum atomic E-state index is -0.386. The molecule has 0 aromatic heterocycles. The summed E-state index contributed by atoms with van der Waals surface area (Å²) >= 11 is 5.98. The summed E-state index contributed by atoms with van der Waals surface area (Å²) in [7, 11) is 0. The molecule has 1 atom stereocenters. The Morgan fingerprint density at radius 3 is 2.94 bits per heavy atom. The summed E-state index contributed by atoms with van der Waals surface area (Å²) in [5.74, 6) is -0.320. The van der Waals surface area contributed by atoms with Crippen LogP contribution in [0.3, 0.4) is 0 Å². The van der Waals surface area contributed by atoms with Crippen LogP contribution in [-0.2, 0) is 4.79 Å². The maximum absolute atomic E-state index is 11.7. The Hall–Kier alpha value is -1.10. The zero-order chi connectivity index (χ0) is 13.0. The van der Waals surface area contributed by atoms with Gasteiger partial charge >= 0.3 is 0 Å². The smallest absolute Gasteiger partial charge is 0.239 e. The van der Waals surface area contributed by atoms with Crippen LogP contribution >= 0.6 is 11.6 Å². The molecule has 4 nitrogen and oxygen atoms in total. The van der Waals surface area contributed by atoms with Gasteiger partial charge in [-0.2, -0.15) is 0 Å². The van der Waals surface area contributed by atoms with Crippen LogP contribution in [0.5, 0.6) is 0 Å². The van der Waals surface area contributed by atoms with Gasteiger partial charge in [0.05, 0.1) is 0 Å². The SMILES string of the molecule is NC(=O)C(c1cccc(Cl)c1)N1CCCNCC1. The fourth-order valence-electron chi connectivity index (χ4n) is 2.36. The molecule has 1 unspecified atom stereocenters. The summed E-state index contributed by atoms with van der Waals surface area (Å²) in [6.45, 7) is 3.55. The topological polar surface area (TPSA) is 58.4 Å². The standard InChI is InChI=1S/C13H18ClN3O/c14-11-4-1-3-10(9-11)12(13(15)18)17-7-2-5-16-6-8-17/h1,3-4,9,12,16H,2,5-8H2,(H2,15,18). The van der Waals surface area contributed by atoms with Crippen LogP contribution in [0.15, 0.2) is 24.3 Å². The summed E-state index contributed by atoms with van der Waals surface area (Å²) in [6.07, 6.45) is 1.02. The van der Waals surface area contributed by atoms with E-state index in [2.05, 4.69) is 10.2 Å². The van der Waals surface area contributed by atoms with Crippen molar-refractivity contribution in [2.75, 3.05) is 26.2 Å². The Morgan fingerprint density at radius 2 is 2.22 bits per heavy atom. The van der Waals surface area contributed by atoms with Crippen molar-refractivity contribution >= 4 is 17.5 Å². The molecule has 0 bridgehead atoms. The van der Waals surface area contributed by atoms with Gasteiger partial charge in [0.15, 0.2) is 0 Å². The quantitative estimate of drug-likeness (QED) is 0.864. The second-order valence-corrected chi connectivity index (χ2v) is 4.94. The molecule has 18 heavy (non-hydrogen) atoms. The van der Waals surface area contributed by atoms with E-state index in [0.717, 1.165) is 38.2 Å². The summed E-state index contributed by atoms with van der Waals surface area (Å²) in [6, 6.07) is 6.98. The highest BCUT2D eigenvalue weighted by molar-refractivity contribution is 6.30. The van der Waals surface area contributed by atoms with Crippen LogP contribution in [0.4, 0.5) is 0 Å². The Kier molecular flexibility index (Phi) is 4.58. The van der Waals surface area contributed by atoms with Crippen molar-refractivity contribution in [2.24, 2.45) is 5.73 Å². The number of carbonyl (C=O) groups excluding carboxylic acids is 1. The van der Waals surface area contributed by atoms with Gasteiger partial charge in [0.25, 0.3) is 0 Å². The van der Waals surface area contributed by atoms with Gasteiger partial charge in [-0.25, -0.2) is 0 Å². The predicted molar refractivity (Wildman–Crippen MR) is 72.4 cm³/mol. The van der Waals surface area contributed by atoms with E-state index >= 15 is 0 Å². The number of hydrogen-bond donors (Lipinski definition) is 2. The van der Waals surface area contributed by atoms with E-state index in [-0.39, 0.29) is 11.9 Å². The fourth-order valence-corrected chi connectivity index (χ4v) is 2.56. The van der Waals surface area contributed by atoms with E-state index < -0.39 is 0 Å². The van der Waals surface area contributed by atoms with Gasteiger partial charge in [-0.05, 0) is 30.7 Å². The highest BCUT2D eigenvalue weighted by atomic mass is 35.5. The number of benzene rings is 1. The lowest BCUT2D eigenvalue weighted by molar-refractivity contribution is -0.123. The molecule has 1 aromatic carbocycles. The maximum atomic E-state index is 11.7. The van der Waals surface area contributed by atoms with Crippen LogP contribution in [0.25, 0.3) is 0 Å². The third-order valence-electron chi connectivity index (χ3n) is 3.17. The number of nitrogens with two attached hydrogens (primary N) is 1. The first-order valence-corrected chi connectivity index (χ1v) is 6.56. The molecule has 1 aromatic rings. The number of primary amides is 1. The average Bonchev–Trinajstić information content (AvgIpc) is 2.58. The molecule has 1 aliphatic rings. The number of nitrogens with one attached hydrogen (secondary N) is 1. The molecule has 2 rings (SSSR count). The molecule has 5 heteroatoms. The van der Waals surface area contributed by atoms with E-state index in [4.69, 9.17) is 17.3 Å². The van der Waals surface area contributed by atoms with E-state index in [1.54, 1.807) is 6.07 Å². The Bertz CT molecular complexity index is 416. The monoisotopic (exact) mass is 267 g/mol. The maximum Gasteiger partial charge on any atom is 0.239 e. The molecular formula is C13H18ClN3O. The van der Waals surface area contributed by atoms with Crippen LogP contribution in [0, 0.1) is 0 Å². The zero-order valence-corrected chi connectivity index (χ0v) is 11.0. The lowest BCUT2D eigenvalue weighted by Gasteiger charge is -2.28. The molecule has 1 heterocycles. The molecule has 1 fully saturated rings.